The number of carbonyl (C=O) groups excluding carboxylic acids is 1. The molecule has 0 bridgehead atoms. The van der Waals surface area contributed by atoms with Gasteiger partial charge >= 0.3 is 6.03 Å². The van der Waals surface area contributed by atoms with Crippen LogP contribution in [0.1, 0.15) is 5.56 Å². The number of nitrogens with one attached hydrogen (secondary N) is 3. The van der Waals surface area contributed by atoms with Gasteiger partial charge in [-0.25, -0.2) is 4.79 Å². The van der Waals surface area contributed by atoms with Crippen LogP contribution in [0, 0.1) is 6.92 Å². The van der Waals surface area contributed by atoms with Crippen molar-refractivity contribution in [2.24, 2.45) is 0 Å². The molecule has 0 radical (unpaired) electrons. The minimum atomic E-state index is -0.271. The summed E-state index contributed by atoms with van der Waals surface area (Å²) in [5.74, 6) is 0. The lowest BCUT2D eigenvalue weighted by Gasteiger charge is -2.08. The van der Waals surface area contributed by atoms with E-state index in [1.165, 1.54) is 0 Å². The lowest BCUT2D eigenvalue weighted by atomic mass is 10.1. The van der Waals surface area contributed by atoms with Crippen molar-refractivity contribution in [3.63, 3.8) is 0 Å². The molecule has 5 heteroatoms. The number of anilines is 2. The number of fused-ring (bicyclic) bond motifs is 1. The zero-order chi connectivity index (χ0) is 18.8. The second-order valence-electron chi connectivity index (χ2n) is 6.44. The Hall–Kier alpha value is -3.24. The van der Waals surface area contributed by atoms with Gasteiger partial charge in [0.05, 0.1) is 0 Å². The number of aromatic amines is 1. The number of hydrogen-bond acceptors (Lipinski definition) is 1. The number of H-pyrrole nitrogens is 1. The molecule has 27 heavy (non-hydrogen) atoms. The normalized spacial score (nSPS) is 10.7. The van der Waals surface area contributed by atoms with Crippen LogP contribution in [-0.4, -0.2) is 11.0 Å². The third-order valence-electron chi connectivity index (χ3n) is 4.35. The molecule has 0 aliphatic heterocycles. The zero-order valence-corrected chi connectivity index (χ0v) is 15.5. The minimum Gasteiger partial charge on any atom is -0.355 e. The predicted octanol–water partition coefficient (Wildman–Crippen LogP) is 6.44. The van der Waals surface area contributed by atoms with Crippen molar-refractivity contribution in [3.8, 4) is 11.3 Å². The topological polar surface area (TPSA) is 56.9 Å². The van der Waals surface area contributed by atoms with E-state index in [0.717, 1.165) is 39.1 Å². The fraction of sp³-hybridized carbons (Fsp3) is 0.0455. The molecule has 0 atom stereocenters. The second kappa shape index (κ2) is 7.17. The summed E-state index contributed by atoms with van der Waals surface area (Å²) in [4.78, 5) is 15.5. The second-order valence-corrected chi connectivity index (χ2v) is 6.87. The molecule has 0 spiro atoms. The van der Waals surface area contributed by atoms with Crippen molar-refractivity contribution in [1.29, 1.82) is 0 Å². The molecule has 4 nitrogen and oxygen atoms in total. The number of urea groups is 1. The van der Waals surface area contributed by atoms with E-state index in [9.17, 15) is 4.79 Å². The van der Waals surface area contributed by atoms with Gasteiger partial charge in [0.2, 0.25) is 0 Å². The van der Waals surface area contributed by atoms with E-state index >= 15 is 0 Å². The van der Waals surface area contributed by atoms with Crippen molar-refractivity contribution in [3.05, 3.63) is 83.4 Å². The highest BCUT2D eigenvalue weighted by atomic mass is 35.5. The number of aromatic nitrogens is 1. The minimum absolute atomic E-state index is 0.271. The molecule has 0 fully saturated rings. The summed E-state index contributed by atoms with van der Waals surface area (Å²) in [5, 5.41) is 7.44. The third kappa shape index (κ3) is 3.96. The first-order valence-electron chi connectivity index (χ1n) is 8.60. The SMILES string of the molecule is Cc1ccc(NC(=O)Nc2ccc(-c3cc4cc(Cl)ccc4[nH]3)cc2)cc1. The van der Waals surface area contributed by atoms with Crippen LogP contribution < -0.4 is 10.6 Å². The van der Waals surface area contributed by atoms with Gasteiger partial charge in [-0.15, -0.1) is 0 Å². The summed E-state index contributed by atoms with van der Waals surface area (Å²) in [6, 6.07) is 22.9. The zero-order valence-electron chi connectivity index (χ0n) is 14.7. The first-order chi connectivity index (χ1) is 13.1. The van der Waals surface area contributed by atoms with Crippen molar-refractivity contribution >= 4 is 39.9 Å². The van der Waals surface area contributed by atoms with Gasteiger partial charge < -0.3 is 15.6 Å². The van der Waals surface area contributed by atoms with Crippen LogP contribution in [0.15, 0.2) is 72.8 Å². The summed E-state index contributed by atoms with van der Waals surface area (Å²) >= 11 is 6.05. The highest BCUT2D eigenvalue weighted by Crippen LogP contribution is 2.27. The Bertz CT molecular complexity index is 1100. The number of carbonyl (C=O) groups is 1. The Morgan fingerprint density at radius 1 is 0.852 bits per heavy atom. The Balaban J connectivity index is 1.46. The molecule has 4 rings (SSSR count). The fourth-order valence-electron chi connectivity index (χ4n) is 2.92. The van der Waals surface area contributed by atoms with Gasteiger partial charge in [-0.2, -0.15) is 0 Å². The number of aryl methyl sites for hydroxylation is 1. The van der Waals surface area contributed by atoms with E-state index in [-0.39, 0.29) is 6.03 Å². The smallest absolute Gasteiger partial charge is 0.323 e. The molecular weight excluding hydrogens is 358 g/mol. The molecule has 3 N–H and O–H groups in total. The van der Waals surface area contributed by atoms with Gasteiger partial charge in [0.1, 0.15) is 0 Å². The van der Waals surface area contributed by atoms with Crippen LogP contribution in [0.2, 0.25) is 5.02 Å². The summed E-state index contributed by atoms with van der Waals surface area (Å²) in [7, 11) is 0. The van der Waals surface area contributed by atoms with Gasteiger partial charge in [-0.3, -0.25) is 0 Å². The van der Waals surface area contributed by atoms with Crippen LogP contribution in [0.25, 0.3) is 22.2 Å². The molecule has 0 aliphatic carbocycles. The maximum atomic E-state index is 12.1. The van der Waals surface area contributed by atoms with Gasteiger partial charge in [-0.05, 0) is 61.0 Å². The molecule has 0 unspecified atom stereocenters. The Kier molecular flexibility index (Phi) is 4.57. The standard InChI is InChI=1S/C22H18ClN3O/c1-14-2-7-18(8-3-14)24-22(27)25-19-9-4-15(5-10-19)21-13-16-12-17(23)6-11-20(16)26-21/h2-13,26H,1H3,(H2,24,25,27). The quantitative estimate of drug-likeness (QED) is 0.379. The maximum Gasteiger partial charge on any atom is 0.323 e. The van der Waals surface area contributed by atoms with E-state index in [4.69, 9.17) is 11.6 Å². The Labute approximate surface area is 162 Å². The van der Waals surface area contributed by atoms with Crippen LogP contribution in [0.4, 0.5) is 16.2 Å². The summed E-state index contributed by atoms with van der Waals surface area (Å²) in [5.41, 5.74) is 5.70. The number of amides is 2. The lowest BCUT2D eigenvalue weighted by molar-refractivity contribution is 0.262. The van der Waals surface area contributed by atoms with Crippen molar-refractivity contribution in [2.45, 2.75) is 6.92 Å². The number of halogens is 1. The molecule has 1 heterocycles. The molecule has 0 aliphatic rings. The number of rotatable bonds is 3. The van der Waals surface area contributed by atoms with Crippen LogP contribution in [0.3, 0.4) is 0 Å². The average Bonchev–Trinajstić information content (AvgIpc) is 3.07. The van der Waals surface area contributed by atoms with E-state index in [2.05, 4.69) is 21.7 Å². The predicted molar refractivity (Wildman–Crippen MR) is 113 cm³/mol. The van der Waals surface area contributed by atoms with Gasteiger partial charge in [-0.1, -0.05) is 41.4 Å². The highest BCUT2D eigenvalue weighted by Gasteiger charge is 2.06. The van der Waals surface area contributed by atoms with Gasteiger partial charge in [0.25, 0.3) is 0 Å². The van der Waals surface area contributed by atoms with Crippen LogP contribution in [0.5, 0.6) is 0 Å². The molecule has 0 saturated carbocycles. The lowest BCUT2D eigenvalue weighted by Crippen LogP contribution is -2.19. The maximum absolute atomic E-state index is 12.1. The molecule has 4 aromatic rings. The average molecular weight is 376 g/mol. The molecule has 3 aromatic carbocycles. The first-order valence-corrected chi connectivity index (χ1v) is 8.98. The van der Waals surface area contributed by atoms with Crippen LogP contribution in [-0.2, 0) is 0 Å². The molecule has 134 valence electrons. The summed E-state index contributed by atoms with van der Waals surface area (Å²) in [6.07, 6.45) is 0. The Morgan fingerprint density at radius 2 is 1.48 bits per heavy atom. The number of benzene rings is 3. The molecular formula is C22H18ClN3O. The molecule has 1 aromatic heterocycles. The van der Waals surface area contributed by atoms with Crippen molar-refractivity contribution in [1.82, 2.24) is 4.98 Å². The van der Waals surface area contributed by atoms with E-state index in [1.807, 2.05) is 73.7 Å². The largest absolute Gasteiger partial charge is 0.355 e. The first kappa shape index (κ1) is 17.2. The fourth-order valence-corrected chi connectivity index (χ4v) is 3.10. The van der Waals surface area contributed by atoms with Crippen molar-refractivity contribution in [2.75, 3.05) is 10.6 Å². The Morgan fingerprint density at radius 3 is 2.15 bits per heavy atom. The van der Waals surface area contributed by atoms with Gasteiger partial charge in [0.15, 0.2) is 0 Å². The summed E-state index contributed by atoms with van der Waals surface area (Å²) in [6.45, 7) is 2.01. The van der Waals surface area contributed by atoms with Crippen molar-refractivity contribution < 1.29 is 4.79 Å². The highest BCUT2D eigenvalue weighted by molar-refractivity contribution is 6.31. The van der Waals surface area contributed by atoms with Crippen LogP contribution >= 0.6 is 11.6 Å². The summed E-state index contributed by atoms with van der Waals surface area (Å²) < 4.78 is 0. The van der Waals surface area contributed by atoms with E-state index in [0.29, 0.717) is 5.02 Å². The molecule has 0 saturated heterocycles. The van der Waals surface area contributed by atoms with Gasteiger partial charge in [0, 0.05) is 33.0 Å². The number of hydrogen-bond donors (Lipinski definition) is 3. The van der Waals surface area contributed by atoms with E-state index in [1.54, 1.807) is 0 Å². The molecule has 2 amide bonds. The van der Waals surface area contributed by atoms with E-state index < -0.39 is 0 Å². The third-order valence-corrected chi connectivity index (χ3v) is 4.58. The monoisotopic (exact) mass is 375 g/mol.